The SMILES string of the molecule is C=CC(=O)Nc1cn(C[C@@H](O)CO)nc1Nc1cc(N(C)C(=O)Nc2c(Cl)c(OC)cc(OC)c2Cl)ncn1. The van der Waals surface area contributed by atoms with E-state index in [4.69, 9.17) is 37.8 Å². The molecule has 0 radical (unpaired) electrons. The lowest BCUT2D eigenvalue weighted by molar-refractivity contribution is -0.111. The normalized spacial score (nSPS) is 11.4. The molecule has 3 rings (SSSR count). The number of amides is 3. The Morgan fingerprint density at radius 1 is 1.18 bits per heavy atom. The number of halogens is 2. The van der Waals surface area contributed by atoms with Gasteiger partial charge in [-0.3, -0.25) is 14.4 Å². The monoisotopic (exact) mass is 580 g/mol. The number of aliphatic hydroxyl groups excluding tert-OH is 2. The van der Waals surface area contributed by atoms with E-state index in [1.807, 2.05) is 0 Å². The molecule has 0 unspecified atom stereocenters. The highest BCUT2D eigenvalue weighted by atomic mass is 35.5. The number of hydrogen-bond donors (Lipinski definition) is 5. The van der Waals surface area contributed by atoms with Crippen LogP contribution in [0.5, 0.6) is 11.5 Å². The number of ether oxygens (including phenoxy) is 2. The van der Waals surface area contributed by atoms with Crippen LogP contribution in [0, 0.1) is 0 Å². The topological polar surface area (TPSA) is 176 Å². The van der Waals surface area contributed by atoms with Crippen LogP contribution in [-0.2, 0) is 11.3 Å². The highest BCUT2D eigenvalue weighted by Gasteiger charge is 2.22. The number of rotatable bonds is 11. The maximum atomic E-state index is 13.0. The Morgan fingerprint density at radius 3 is 2.44 bits per heavy atom. The second kappa shape index (κ2) is 13.1. The minimum Gasteiger partial charge on any atom is -0.495 e. The van der Waals surface area contributed by atoms with E-state index in [1.54, 1.807) is 0 Å². The lowest BCUT2D eigenvalue weighted by Crippen LogP contribution is -2.32. The molecule has 0 saturated carbocycles. The maximum absolute atomic E-state index is 13.0. The Morgan fingerprint density at radius 2 is 1.85 bits per heavy atom. The lowest BCUT2D eigenvalue weighted by atomic mass is 10.2. The third-order valence-electron chi connectivity index (χ3n) is 5.17. The van der Waals surface area contributed by atoms with Gasteiger partial charge in [0.2, 0.25) is 5.91 Å². The van der Waals surface area contributed by atoms with Crippen molar-refractivity contribution in [2.24, 2.45) is 0 Å². The van der Waals surface area contributed by atoms with Gasteiger partial charge in [0.25, 0.3) is 0 Å². The van der Waals surface area contributed by atoms with Crippen LogP contribution in [0.25, 0.3) is 0 Å². The van der Waals surface area contributed by atoms with Crippen molar-refractivity contribution in [1.82, 2.24) is 19.7 Å². The zero-order chi connectivity index (χ0) is 28.7. The number of carbonyl (C=O) groups excluding carboxylic acids is 2. The maximum Gasteiger partial charge on any atom is 0.327 e. The summed E-state index contributed by atoms with van der Waals surface area (Å²) in [4.78, 5) is 34.4. The van der Waals surface area contributed by atoms with Gasteiger partial charge < -0.3 is 35.6 Å². The van der Waals surface area contributed by atoms with Crippen molar-refractivity contribution in [2.75, 3.05) is 48.7 Å². The van der Waals surface area contributed by atoms with E-state index < -0.39 is 24.6 Å². The summed E-state index contributed by atoms with van der Waals surface area (Å²) in [5.41, 5.74) is 0.338. The number of anilines is 5. The predicted octanol–water partition coefficient (Wildman–Crippen LogP) is 2.89. The van der Waals surface area contributed by atoms with Crippen molar-refractivity contribution < 1.29 is 29.3 Å². The van der Waals surface area contributed by atoms with E-state index in [2.05, 4.69) is 37.6 Å². The fraction of sp³-hybridized carbons (Fsp3) is 0.261. The summed E-state index contributed by atoms with van der Waals surface area (Å²) in [5.74, 6) is 0.574. The van der Waals surface area contributed by atoms with Crippen LogP contribution in [0.1, 0.15) is 0 Å². The summed E-state index contributed by atoms with van der Waals surface area (Å²) in [6.45, 7) is 2.91. The summed E-state index contributed by atoms with van der Waals surface area (Å²) in [5, 5.41) is 31.5. The Labute approximate surface area is 233 Å². The molecule has 14 nitrogen and oxygen atoms in total. The Balaban J connectivity index is 1.85. The molecule has 2 aromatic heterocycles. The fourth-order valence-electron chi connectivity index (χ4n) is 3.17. The quantitative estimate of drug-likeness (QED) is 0.212. The van der Waals surface area contributed by atoms with Crippen molar-refractivity contribution in [2.45, 2.75) is 12.6 Å². The summed E-state index contributed by atoms with van der Waals surface area (Å²) in [6.07, 6.45) is 2.69. The number of aromatic nitrogens is 4. The molecule has 5 N–H and O–H groups in total. The minimum absolute atomic E-state index is 0.0345. The first kappa shape index (κ1) is 29.4. The van der Waals surface area contributed by atoms with Gasteiger partial charge in [-0.2, -0.15) is 5.10 Å². The zero-order valence-corrected chi connectivity index (χ0v) is 22.6. The van der Waals surface area contributed by atoms with Gasteiger partial charge in [0.05, 0.1) is 45.4 Å². The first-order chi connectivity index (χ1) is 18.6. The number of urea groups is 1. The molecule has 0 fully saturated rings. The van der Waals surface area contributed by atoms with Crippen LogP contribution in [-0.4, -0.2) is 75.9 Å². The third-order valence-corrected chi connectivity index (χ3v) is 5.92. The van der Waals surface area contributed by atoms with Gasteiger partial charge in [-0.15, -0.1) is 0 Å². The number of nitrogens with zero attached hydrogens (tertiary/aromatic N) is 5. The number of aliphatic hydroxyl groups is 2. The van der Waals surface area contributed by atoms with Crippen LogP contribution < -0.4 is 30.3 Å². The van der Waals surface area contributed by atoms with Gasteiger partial charge in [0, 0.05) is 19.2 Å². The third kappa shape index (κ3) is 7.06. The molecular formula is C23H26Cl2N8O6. The molecule has 208 valence electrons. The second-order valence-electron chi connectivity index (χ2n) is 7.80. The first-order valence-electron chi connectivity index (χ1n) is 11.1. The number of methoxy groups -OCH3 is 2. The highest BCUT2D eigenvalue weighted by Crippen LogP contribution is 2.44. The summed E-state index contributed by atoms with van der Waals surface area (Å²) < 4.78 is 11.8. The van der Waals surface area contributed by atoms with E-state index in [9.17, 15) is 14.7 Å². The predicted molar refractivity (Wildman–Crippen MR) is 146 cm³/mol. The number of benzene rings is 1. The molecule has 0 aliphatic heterocycles. The van der Waals surface area contributed by atoms with Crippen LogP contribution in [0.4, 0.5) is 33.6 Å². The van der Waals surface area contributed by atoms with E-state index in [1.165, 1.54) is 55.5 Å². The van der Waals surface area contributed by atoms with Crippen LogP contribution in [0.2, 0.25) is 10.0 Å². The van der Waals surface area contributed by atoms with Crippen LogP contribution in [0.15, 0.2) is 37.3 Å². The minimum atomic E-state index is -1.06. The number of hydrogen-bond acceptors (Lipinski definition) is 10. The van der Waals surface area contributed by atoms with Gasteiger partial charge in [-0.25, -0.2) is 14.8 Å². The van der Waals surface area contributed by atoms with E-state index in [0.29, 0.717) is 0 Å². The standard InChI is InChI=1S/C23H26Cl2N8O6/c1-5-18(36)28-13-9-33(8-12(35)10-34)31-22(13)29-16-7-17(27-11-26-16)32(2)23(37)30-21-19(24)14(38-3)6-15(39-4)20(21)25/h5-7,9,11-12,34-35H,1,8,10H2,2-4H3,(H,28,36)(H,30,37)(H,26,27,29,31)/t12-/m1/s1. The molecule has 0 aliphatic rings. The largest absolute Gasteiger partial charge is 0.495 e. The van der Waals surface area contributed by atoms with Crippen molar-refractivity contribution in [1.29, 1.82) is 0 Å². The van der Waals surface area contributed by atoms with Crippen molar-refractivity contribution in [3.8, 4) is 11.5 Å². The molecule has 0 spiro atoms. The second-order valence-corrected chi connectivity index (χ2v) is 8.56. The molecule has 1 atom stereocenters. The molecule has 2 heterocycles. The summed E-state index contributed by atoms with van der Waals surface area (Å²) >= 11 is 12.7. The van der Waals surface area contributed by atoms with Crippen LogP contribution >= 0.6 is 23.2 Å². The van der Waals surface area contributed by atoms with E-state index in [0.717, 1.165) is 6.08 Å². The number of carbonyl (C=O) groups is 2. The molecule has 3 aromatic rings. The van der Waals surface area contributed by atoms with E-state index >= 15 is 0 Å². The van der Waals surface area contributed by atoms with Gasteiger partial charge >= 0.3 is 6.03 Å². The molecule has 1 aromatic carbocycles. The highest BCUT2D eigenvalue weighted by molar-refractivity contribution is 6.41. The fourth-order valence-corrected chi connectivity index (χ4v) is 3.76. The molecular weight excluding hydrogens is 555 g/mol. The van der Waals surface area contributed by atoms with Gasteiger partial charge in [-0.05, 0) is 6.08 Å². The average molecular weight is 581 g/mol. The summed E-state index contributed by atoms with van der Waals surface area (Å²) in [6, 6.07) is 2.31. The molecule has 16 heteroatoms. The Bertz CT molecular complexity index is 1340. The van der Waals surface area contributed by atoms with Crippen molar-refractivity contribution >= 4 is 64.0 Å². The van der Waals surface area contributed by atoms with Crippen molar-refractivity contribution in [3.63, 3.8) is 0 Å². The molecule has 39 heavy (non-hydrogen) atoms. The van der Waals surface area contributed by atoms with Gasteiger partial charge in [0.15, 0.2) is 5.82 Å². The first-order valence-corrected chi connectivity index (χ1v) is 11.9. The molecule has 0 aliphatic carbocycles. The average Bonchev–Trinajstić information content (AvgIpc) is 3.30. The Kier molecular flexibility index (Phi) is 9.89. The molecule has 0 saturated heterocycles. The van der Waals surface area contributed by atoms with Crippen LogP contribution in [0.3, 0.4) is 0 Å². The molecule has 3 amide bonds. The lowest BCUT2D eigenvalue weighted by Gasteiger charge is -2.20. The van der Waals surface area contributed by atoms with Gasteiger partial charge in [-0.1, -0.05) is 29.8 Å². The Hall–Kier alpha value is -4.11. The van der Waals surface area contributed by atoms with Gasteiger partial charge in [0.1, 0.15) is 45.2 Å². The smallest absolute Gasteiger partial charge is 0.327 e. The van der Waals surface area contributed by atoms with Crippen molar-refractivity contribution in [3.05, 3.63) is 47.4 Å². The van der Waals surface area contributed by atoms with E-state index in [-0.39, 0.29) is 56.9 Å². The number of nitrogens with one attached hydrogen (secondary N) is 3. The summed E-state index contributed by atoms with van der Waals surface area (Å²) in [7, 11) is 4.28. The molecule has 0 bridgehead atoms. The zero-order valence-electron chi connectivity index (χ0n) is 21.1.